The summed E-state index contributed by atoms with van der Waals surface area (Å²) in [5.41, 5.74) is -1.07. The number of esters is 3. The molecule has 0 aliphatic carbocycles. The lowest BCUT2D eigenvalue weighted by atomic mass is 9.74. The summed E-state index contributed by atoms with van der Waals surface area (Å²) >= 11 is 0. The Balaban J connectivity index is 2.01. The topological polar surface area (TPSA) is 177 Å². The summed E-state index contributed by atoms with van der Waals surface area (Å²) in [4.78, 5) is 37.0. The first-order valence-electron chi connectivity index (χ1n) is 14.2. The van der Waals surface area contributed by atoms with Crippen LogP contribution in [0.25, 0.3) is 0 Å². The maximum absolute atomic E-state index is 12.5. The lowest BCUT2D eigenvalue weighted by Crippen LogP contribution is -2.62. The summed E-state index contributed by atoms with van der Waals surface area (Å²) in [5, 5.41) is 32.4. The van der Waals surface area contributed by atoms with Crippen LogP contribution in [-0.2, 0) is 47.5 Å². The SMILES string of the molecule is COC(=O)/C=C1\C[C@H]2C[C@H](CO)OC(=O)C[C@H](O)CCOCC[C@@H]3CCO[C@H](/C=C/C(C)(C)[C@](O)(O2)[C@H]1OC(C)=O)O3. The molecule has 3 heterocycles. The van der Waals surface area contributed by atoms with Crippen molar-refractivity contribution in [2.24, 2.45) is 5.41 Å². The van der Waals surface area contributed by atoms with Crippen molar-refractivity contribution in [1.29, 1.82) is 0 Å². The van der Waals surface area contributed by atoms with E-state index >= 15 is 0 Å². The van der Waals surface area contributed by atoms with Crippen molar-refractivity contribution >= 4 is 17.9 Å². The molecular formula is C29H44O13. The van der Waals surface area contributed by atoms with Gasteiger partial charge in [-0.2, -0.15) is 0 Å². The van der Waals surface area contributed by atoms with Gasteiger partial charge in [0.15, 0.2) is 12.4 Å². The van der Waals surface area contributed by atoms with E-state index in [0.29, 0.717) is 26.1 Å². The van der Waals surface area contributed by atoms with Gasteiger partial charge in [0.25, 0.3) is 0 Å². The Morgan fingerprint density at radius 2 is 1.83 bits per heavy atom. The molecule has 3 aliphatic heterocycles. The molecule has 0 amide bonds. The Morgan fingerprint density at radius 3 is 2.52 bits per heavy atom. The van der Waals surface area contributed by atoms with Gasteiger partial charge >= 0.3 is 17.9 Å². The molecule has 3 aliphatic rings. The monoisotopic (exact) mass is 600 g/mol. The number of carbonyl (C=O) groups is 3. The number of cyclic esters (lactones) is 1. The molecule has 0 saturated carbocycles. The van der Waals surface area contributed by atoms with Gasteiger partial charge in [0.1, 0.15) is 6.10 Å². The lowest BCUT2D eigenvalue weighted by Gasteiger charge is -2.50. The van der Waals surface area contributed by atoms with Crippen LogP contribution < -0.4 is 0 Å². The highest BCUT2D eigenvalue weighted by Crippen LogP contribution is 2.46. The Hall–Kier alpha value is -2.39. The summed E-state index contributed by atoms with van der Waals surface area (Å²) in [7, 11) is 1.19. The van der Waals surface area contributed by atoms with Gasteiger partial charge in [0.05, 0.1) is 45.1 Å². The Labute approximate surface area is 245 Å². The summed E-state index contributed by atoms with van der Waals surface area (Å²) in [6.45, 7) is 4.98. The molecule has 2 saturated heterocycles. The number of aliphatic hydroxyl groups is 3. The molecule has 2 fully saturated rings. The van der Waals surface area contributed by atoms with Crippen molar-refractivity contribution in [3.8, 4) is 0 Å². The van der Waals surface area contributed by atoms with Crippen molar-refractivity contribution in [1.82, 2.24) is 0 Å². The maximum Gasteiger partial charge on any atom is 0.330 e. The Kier molecular flexibility index (Phi) is 12.5. The van der Waals surface area contributed by atoms with E-state index in [9.17, 15) is 29.7 Å². The average molecular weight is 601 g/mol. The predicted molar refractivity (Wildman–Crippen MR) is 145 cm³/mol. The fraction of sp³-hybridized carbons (Fsp3) is 0.759. The standard InChI is InChI=1S/C29H44O13/c1-18(31)39-27-19(14-24(33)36-4)13-22-16-23(17-30)40-25(34)15-20(32)6-10-37-11-7-21-8-12-38-26(41-21)5-9-28(2,3)29(27,35)42-22/h5,9,14,20-23,26-27,30,32,35H,6-8,10-13,15-17H2,1-4H3/b9-5+,19-14+/t20-,21-,22+,23-,26+,27+,29-/m1/s1. The highest BCUT2D eigenvalue weighted by molar-refractivity contribution is 5.83. The van der Waals surface area contributed by atoms with Gasteiger partial charge in [-0.3, -0.25) is 9.59 Å². The van der Waals surface area contributed by atoms with Crippen LogP contribution in [-0.4, -0.2) is 109 Å². The van der Waals surface area contributed by atoms with Crippen LogP contribution in [0, 0.1) is 5.41 Å². The smallest absolute Gasteiger partial charge is 0.330 e. The second-order valence-corrected chi connectivity index (χ2v) is 11.3. The number of rotatable bonds is 3. The molecule has 3 N–H and O–H groups in total. The van der Waals surface area contributed by atoms with Crippen LogP contribution in [0.5, 0.6) is 0 Å². The molecular weight excluding hydrogens is 556 g/mol. The zero-order valence-electron chi connectivity index (χ0n) is 24.7. The van der Waals surface area contributed by atoms with Gasteiger partial charge in [0.2, 0.25) is 5.79 Å². The number of aliphatic hydroxyl groups excluding tert-OH is 2. The van der Waals surface area contributed by atoms with E-state index in [1.807, 2.05) is 0 Å². The summed E-state index contributed by atoms with van der Waals surface area (Å²) in [5.74, 6) is -4.42. The van der Waals surface area contributed by atoms with Gasteiger partial charge in [-0.05, 0) is 37.3 Å². The summed E-state index contributed by atoms with van der Waals surface area (Å²) in [6.07, 6.45) is 0.205. The van der Waals surface area contributed by atoms with Crippen LogP contribution in [0.4, 0.5) is 0 Å². The highest BCUT2D eigenvalue weighted by atomic mass is 16.7. The summed E-state index contributed by atoms with van der Waals surface area (Å²) < 4.78 is 39.3. The lowest BCUT2D eigenvalue weighted by molar-refractivity contribution is -0.327. The number of methoxy groups -OCH3 is 1. The Bertz CT molecular complexity index is 992. The Morgan fingerprint density at radius 1 is 1.12 bits per heavy atom. The molecule has 0 spiro atoms. The maximum atomic E-state index is 12.5. The van der Waals surface area contributed by atoms with Gasteiger partial charge < -0.3 is 48.5 Å². The molecule has 7 atom stereocenters. The van der Waals surface area contributed by atoms with Gasteiger partial charge in [-0.1, -0.05) is 19.9 Å². The minimum Gasteiger partial charge on any atom is -0.466 e. The van der Waals surface area contributed by atoms with E-state index in [0.717, 1.165) is 6.08 Å². The van der Waals surface area contributed by atoms with E-state index in [2.05, 4.69) is 0 Å². The summed E-state index contributed by atoms with van der Waals surface area (Å²) in [6, 6.07) is 0. The zero-order chi connectivity index (χ0) is 30.9. The molecule has 0 unspecified atom stereocenters. The van der Waals surface area contributed by atoms with Crippen molar-refractivity contribution in [3.05, 3.63) is 23.8 Å². The second kappa shape index (κ2) is 15.4. The molecule has 0 radical (unpaired) electrons. The fourth-order valence-electron chi connectivity index (χ4n) is 5.15. The minimum absolute atomic E-state index is 0.0142. The minimum atomic E-state index is -2.24. The number of hydrogen-bond acceptors (Lipinski definition) is 13. The van der Waals surface area contributed by atoms with Crippen LogP contribution in [0.1, 0.15) is 59.3 Å². The van der Waals surface area contributed by atoms with E-state index < -0.39 is 66.4 Å². The van der Waals surface area contributed by atoms with Gasteiger partial charge in [0, 0.05) is 38.0 Å². The van der Waals surface area contributed by atoms with E-state index in [-0.39, 0.29) is 44.0 Å². The highest BCUT2D eigenvalue weighted by Gasteiger charge is 2.57. The predicted octanol–water partition coefficient (Wildman–Crippen LogP) is 1.06. The molecule has 3 rings (SSSR count). The van der Waals surface area contributed by atoms with Crippen molar-refractivity contribution < 1.29 is 62.9 Å². The normalized spacial score (nSPS) is 36.7. The van der Waals surface area contributed by atoms with Gasteiger partial charge in [-0.15, -0.1) is 0 Å². The molecule has 13 heteroatoms. The largest absolute Gasteiger partial charge is 0.466 e. The third-order valence-corrected chi connectivity index (χ3v) is 7.54. The molecule has 4 bridgehead atoms. The molecule has 0 aromatic heterocycles. The quantitative estimate of drug-likeness (QED) is 0.182. The van der Waals surface area contributed by atoms with Crippen molar-refractivity contribution in [3.63, 3.8) is 0 Å². The average Bonchev–Trinajstić information content (AvgIpc) is 2.92. The second-order valence-electron chi connectivity index (χ2n) is 11.3. The number of carbonyl (C=O) groups excluding carboxylic acids is 3. The fourth-order valence-corrected chi connectivity index (χ4v) is 5.15. The third kappa shape index (κ3) is 9.30. The number of ether oxygens (including phenoxy) is 7. The van der Waals surface area contributed by atoms with Crippen LogP contribution in [0.15, 0.2) is 23.8 Å². The third-order valence-electron chi connectivity index (χ3n) is 7.54. The zero-order valence-corrected chi connectivity index (χ0v) is 24.7. The van der Waals surface area contributed by atoms with Crippen molar-refractivity contribution in [2.45, 2.75) is 102 Å². The molecule has 0 aromatic rings. The van der Waals surface area contributed by atoms with Crippen molar-refractivity contribution in [2.75, 3.05) is 33.5 Å². The molecule has 0 aromatic carbocycles. The van der Waals surface area contributed by atoms with Gasteiger partial charge in [-0.25, -0.2) is 4.79 Å². The first-order chi connectivity index (χ1) is 19.9. The first kappa shape index (κ1) is 34.1. The molecule has 238 valence electrons. The van der Waals surface area contributed by atoms with Crippen LogP contribution in [0.2, 0.25) is 0 Å². The van der Waals surface area contributed by atoms with E-state index in [1.54, 1.807) is 26.0 Å². The van der Waals surface area contributed by atoms with E-state index in [4.69, 9.17) is 33.2 Å². The molecule has 42 heavy (non-hydrogen) atoms. The first-order valence-corrected chi connectivity index (χ1v) is 14.2. The van der Waals surface area contributed by atoms with E-state index in [1.165, 1.54) is 14.0 Å². The molecule has 13 nitrogen and oxygen atoms in total. The number of fused-ring (bicyclic) bond motifs is 4. The van der Waals surface area contributed by atoms with Crippen LogP contribution in [0.3, 0.4) is 0 Å². The van der Waals surface area contributed by atoms with Crippen LogP contribution >= 0.6 is 0 Å². The number of hydrogen-bond donors (Lipinski definition) is 3.